The summed E-state index contributed by atoms with van der Waals surface area (Å²) in [5, 5.41) is 5.87. The van der Waals surface area contributed by atoms with Gasteiger partial charge in [0.1, 0.15) is 6.04 Å². The molecule has 0 heterocycles. The fraction of sp³-hybridized carbons (Fsp3) is 0.579. The lowest BCUT2D eigenvalue weighted by atomic mass is 10.0. The van der Waals surface area contributed by atoms with Crippen molar-refractivity contribution >= 4 is 11.8 Å². The molecule has 0 saturated carbocycles. The van der Waals surface area contributed by atoms with Crippen molar-refractivity contribution < 1.29 is 9.59 Å². The van der Waals surface area contributed by atoms with Crippen molar-refractivity contribution in [3.63, 3.8) is 0 Å². The molecule has 0 aliphatic heterocycles. The summed E-state index contributed by atoms with van der Waals surface area (Å²) >= 11 is 0. The van der Waals surface area contributed by atoms with Gasteiger partial charge in [-0.3, -0.25) is 9.59 Å². The van der Waals surface area contributed by atoms with E-state index in [1.54, 1.807) is 12.1 Å². The maximum atomic E-state index is 12.5. The Labute approximate surface area is 140 Å². The maximum absolute atomic E-state index is 12.5. The second-order valence-corrected chi connectivity index (χ2v) is 6.94. The quantitative estimate of drug-likeness (QED) is 0.772. The van der Waals surface area contributed by atoms with Crippen molar-refractivity contribution in [3.8, 4) is 0 Å². The summed E-state index contributed by atoms with van der Waals surface area (Å²) in [4.78, 5) is 24.8. The number of carbonyl (C=O) groups excluding carboxylic acids is 2. The average molecular weight is 318 g/mol. The van der Waals surface area contributed by atoms with E-state index in [-0.39, 0.29) is 23.8 Å². The summed E-state index contributed by atoms with van der Waals surface area (Å²) in [6.45, 7) is 10.2. The van der Waals surface area contributed by atoms with Crippen LogP contribution in [0.5, 0.6) is 0 Å². The summed E-state index contributed by atoms with van der Waals surface area (Å²) in [6, 6.07) is 8.57. The van der Waals surface area contributed by atoms with Crippen molar-refractivity contribution in [2.45, 2.75) is 59.5 Å². The van der Waals surface area contributed by atoms with E-state index in [4.69, 9.17) is 0 Å². The van der Waals surface area contributed by atoms with E-state index in [1.165, 1.54) is 0 Å². The van der Waals surface area contributed by atoms with Gasteiger partial charge in [0.2, 0.25) is 5.91 Å². The maximum Gasteiger partial charge on any atom is 0.251 e. The van der Waals surface area contributed by atoms with Crippen molar-refractivity contribution in [3.05, 3.63) is 35.9 Å². The molecule has 0 aliphatic carbocycles. The van der Waals surface area contributed by atoms with Crippen molar-refractivity contribution in [2.24, 2.45) is 11.8 Å². The van der Waals surface area contributed by atoms with E-state index >= 15 is 0 Å². The van der Waals surface area contributed by atoms with Crippen molar-refractivity contribution in [1.82, 2.24) is 10.6 Å². The van der Waals surface area contributed by atoms with Gasteiger partial charge in [-0.2, -0.15) is 0 Å². The molecular formula is C19H30N2O2. The lowest BCUT2D eigenvalue weighted by molar-refractivity contribution is -0.124. The Morgan fingerprint density at radius 3 is 2.04 bits per heavy atom. The van der Waals surface area contributed by atoms with Crippen LogP contribution in [0.2, 0.25) is 0 Å². The zero-order valence-corrected chi connectivity index (χ0v) is 14.9. The number of amides is 2. The third-order valence-corrected chi connectivity index (χ3v) is 3.84. The standard InChI is InChI=1S/C19H30N2O2/c1-13(2)11-12-15(5)20-19(23)17(14(3)4)21-18(22)16-9-7-6-8-10-16/h6-10,13-15,17H,11-12H2,1-5H3,(H,20,23)(H,21,22)/t15-,17-/m1/s1. The molecule has 23 heavy (non-hydrogen) atoms. The Balaban J connectivity index is 2.63. The summed E-state index contributed by atoms with van der Waals surface area (Å²) in [5.41, 5.74) is 0.568. The first-order chi connectivity index (χ1) is 10.8. The molecule has 1 aromatic carbocycles. The molecule has 2 amide bonds. The van der Waals surface area contributed by atoms with Gasteiger partial charge in [0.05, 0.1) is 0 Å². The van der Waals surface area contributed by atoms with Gasteiger partial charge in [-0.05, 0) is 43.7 Å². The first-order valence-electron chi connectivity index (χ1n) is 8.47. The molecule has 0 bridgehead atoms. The molecule has 128 valence electrons. The summed E-state index contributed by atoms with van der Waals surface area (Å²) in [5.74, 6) is 0.322. The second kappa shape index (κ2) is 9.33. The minimum atomic E-state index is -0.524. The predicted molar refractivity (Wildman–Crippen MR) is 94.2 cm³/mol. The van der Waals surface area contributed by atoms with Crippen LogP contribution in [0.4, 0.5) is 0 Å². The van der Waals surface area contributed by atoms with Crippen LogP contribution >= 0.6 is 0 Å². The zero-order valence-electron chi connectivity index (χ0n) is 14.9. The molecule has 0 aromatic heterocycles. The molecule has 0 unspecified atom stereocenters. The largest absolute Gasteiger partial charge is 0.352 e. The topological polar surface area (TPSA) is 58.2 Å². The number of rotatable bonds is 8. The minimum absolute atomic E-state index is 0.0277. The lowest BCUT2D eigenvalue weighted by Crippen LogP contribution is -2.51. The fourth-order valence-corrected chi connectivity index (χ4v) is 2.34. The zero-order chi connectivity index (χ0) is 17.4. The van der Waals surface area contributed by atoms with Gasteiger partial charge >= 0.3 is 0 Å². The van der Waals surface area contributed by atoms with Gasteiger partial charge in [0.15, 0.2) is 0 Å². The molecule has 0 aliphatic rings. The van der Waals surface area contributed by atoms with E-state index in [2.05, 4.69) is 24.5 Å². The van der Waals surface area contributed by atoms with Crippen molar-refractivity contribution in [1.29, 1.82) is 0 Å². The van der Waals surface area contributed by atoms with Gasteiger partial charge < -0.3 is 10.6 Å². The Kier molecular flexibility index (Phi) is 7.79. The second-order valence-electron chi connectivity index (χ2n) is 6.94. The number of benzene rings is 1. The molecule has 1 rings (SSSR count). The van der Waals surface area contributed by atoms with Gasteiger partial charge in [0, 0.05) is 11.6 Å². The van der Waals surface area contributed by atoms with Gasteiger partial charge in [0.25, 0.3) is 5.91 Å². The number of hydrogen-bond acceptors (Lipinski definition) is 2. The van der Waals surface area contributed by atoms with Crippen LogP contribution < -0.4 is 10.6 Å². The molecule has 0 radical (unpaired) electrons. The molecule has 4 heteroatoms. The first-order valence-corrected chi connectivity index (χ1v) is 8.47. The van der Waals surface area contributed by atoms with Crippen LogP contribution in [0, 0.1) is 11.8 Å². The number of hydrogen-bond donors (Lipinski definition) is 2. The lowest BCUT2D eigenvalue weighted by Gasteiger charge is -2.24. The van der Waals surface area contributed by atoms with Crippen LogP contribution in [0.25, 0.3) is 0 Å². The Bertz CT molecular complexity index is 497. The summed E-state index contributed by atoms with van der Waals surface area (Å²) in [6.07, 6.45) is 2.02. The highest BCUT2D eigenvalue weighted by Gasteiger charge is 2.25. The minimum Gasteiger partial charge on any atom is -0.352 e. The normalized spacial score (nSPS) is 13.7. The van der Waals surface area contributed by atoms with Crippen LogP contribution in [-0.4, -0.2) is 23.9 Å². The molecule has 2 atom stereocenters. The molecular weight excluding hydrogens is 288 g/mol. The average Bonchev–Trinajstić information content (AvgIpc) is 2.50. The highest BCUT2D eigenvalue weighted by molar-refractivity contribution is 5.97. The molecule has 2 N–H and O–H groups in total. The van der Waals surface area contributed by atoms with E-state index in [0.29, 0.717) is 11.5 Å². The Hall–Kier alpha value is -1.84. The van der Waals surface area contributed by atoms with Gasteiger partial charge in [-0.25, -0.2) is 0 Å². The monoisotopic (exact) mass is 318 g/mol. The van der Waals surface area contributed by atoms with Gasteiger partial charge in [-0.1, -0.05) is 45.9 Å². The van der Waals surface area contributed by atoms with Crippen LogP contribution in [0.1, 0.15) is 57.8 Å². The van der Waals surface area contributed by atoms with Crippen LogP contribution in [0.15, 0.2) is 30.3 Å². The molecule has 0 spiro atoms. The van der Waals surface area contributed by atoms with Crippen LogP contribution in [-0.2, 0) is 4.79 Å². The molecule has 0 fully saturated rings. The van der Waals surface area contributed by atoms with Crippen LogP contribution in [0.3, 0.4) is 0 Å². The number of nitrogens with one attached hydrogen (secondary N) is 2. The summed E-state index contributed by atoms with van der Waals surface area (Å²) in [7, 11) is 0. The summed E-state index contributed by atoms with van der Waals surface area (Å²) < 4.78 is 0. The Morgan fingerprint density at radius 2 is 1.52 bits per heavy atom. The molecule has 0 saturated heterocycles. The molecule has 4 nitrogen and oxygen atoms in total. The van der Waals surface area contributed by atoms with E-state index < -0.39 is 6.04 Å². The smallest absolute Gasteiger partial charge is 0.251 e. The van der Waals surface area contributed by atoms with Crippen molar-refractivity contribution in [2.75, 3.05) is 0 Å². The highest BCUT2D eigenvalue weighted by atomic mass is 16.2. The van der Waals surface area contributed by atoms with Gasteiger partial charge in [-0.15, -0.1) is 0 Å². The molecule has 1 aromatic rings. The van der Waals surface area contributed by atoms with E-state index in [1.807, 2.05) is 39.0 Å². The highest BCUT2D eigenvalue weighted by Crippen LogP contribution is 2.09. The SMILES string of the molecule is CC(C)CC[C@@H](C)NC(=O)[C@H](NC(=O)c1ccccc1)C(C)C. The Morgan fingerprint density at radius 1 is 0.913 bits per heavy atom. The number of carbonyl (C=O) groups is 2. The fourth-order valence-electron chi connectivity index (χ4n) is 2.34. The first kappa shape index (κ1) is 19.2. The van der Waals surface area contributed by atoms with E-state index in [0.717, 1.165) is 12.8 Å². The third-order valence-electron chi connectivity index (χ3n) is 3.84. The predicted octanol–water partition coefficient (Wildman–Crippen LogP) is 3.38. The third kappa shape index (κ3) is 6.85. The van der Waals surface area contributed by atoms with E-state index in [9.17, 15) is 9.59 Å².